The Kier molecular flexibility index (Phi) is 3.17. The van der Waals surface area contributed by atoms with E-state index in [1.165, 1.54) is 18.2 Å². The molecule has 2 aromatic carbocycles. The molecule has 0 aliphatic carbocycles. The molecule has 0 aliphatic heterocycles. The van der Waals surface area contributed by atoms with Crippen molar-refractivity contribution in [3.63, 3.8) is 0 Å². The molecule has 0 fully saturated rings. The van der Waals surface area contributed by atoms with Crippen LogP contribution in [0.15, 0.2) is 53.4 Å². The van der Waals surface area contributed by atoms with Crippen LogP contribution in [0, 0.1) is 0 Å². The third kappa shape index (κ3) is 2.84. The zero-order chi connectivity index (χ0) is 12.5. The van der Waals surface area contributed by atoms with Crippen LogP contribution < -0.4 is 0 Å². The lowest BCUT2D eigenvalue weighted by Gasteiger charge is -2.03. The second-order valence-electron chi connectivity index (χ2n) is 3.47. The molecule has 0 bridgehead atoms. The van der Waals surface area contributed by atoms with E-state index in [0.29, 0.717) is 10.6 Å². The first-order valence-corrected chi connectivity index (χ1v) is 6.53. The highest BCUT2D eigenvalue weighted by molar-refractivity contribution is 7.86. The molecule has 0 unspecified atom stereocenters. The van der Waals surface area contributed by atoms with Crippen LogP contribution in [0.3, 0.4) is 0 Å². The van der Waals surface area contributed by atoms with Crippen LogP contribution >= 0.6 is 11.6 Å². The lowest BCUT2D eigenvalue weighted by atomic mass is 10.1. The van der Waals surface area contributed by atoms with Gasteiger partial charge in [-0.15, -0.1) is 3.89 Å². The molecule has 5 heteroatoms. The first-order valence-electron chi connectivity index (χ1n) is 4.77. The van der Waals surface area contributed by atoms with Crippen molar-refractivity contribution in [2.45, 2.75) is 4.90 Å². The van der Waals surface area contributed by atoms with E-state index < -0.39 is 10.2 Å². The fourth-order valence-electron chi connectivity index (χ4n) is 1.47. The van der Waals surface area contributed by atoms with Crippen LogP contribution in [-0.2, 0) is 10.2 Å². The van der Waals surface area contributed by atoms with E-state index in [9.17, 15) is 12.3 Å². The quantitative estimate of drug-likeness (QED) is 0.781. The molecule has 0 spiro atoms. The lowest BCUT2D eigenvalue weighted by Crippen LogP contribution is -1.91. The highest BCUT2D eigenvalue weighted by atomic mass is 35.5. The average molecular weight is 271 g/mol. The largest absolute Gasteiger partial charge is 0.332 e. The first kappa shape index (κ1) is 12.1. The van der Waals surface area contributed by atoms with Crippen molar-refractivity contribution >= 4 is 21.8 Å². The Morgan fingerprint density at radius 1 is 0.941 bits per heavy atom. The molecule has 17 heavy (non-hydrogen) atoms. The van der Waals surface area contributed by atoms with Crippen LogP contribution in [0.25, 0.3) is 11.1 Å². The maximum atomic E-state index is 12.8. The number of halogens is 2. The molecule has 0 saturated heterocycles. The summed E-state index contributed by atoms with van der Waals surface area (Å²) in [5.74, 6) is 0. The van der Waals surface area contributed by atoms with Crippen molar-refractivity contribution in [3.8, 4) is 11.1 Å². The van der Waals surface area contributed by atoms with Crippen molar-refractivity contribution in [1.29, 1.82) is 0 Å². The smallest absolute Gasteiger partial charge is 0.189 e. The molecule has 2 rings (SSSR count). The highest BCUT2D eigenvalue weighted by Crippen LogP contribution is 2.24. The van der Waals surface area contributed by atoms with Crippen LogP contribution in [0.5, 0.6) is 0 Å². The van der Waals surface area contributed by atoms with Crippen molar-refractivity contribution < 1.29 is 12.3 Å². The Hall–Kier alpha value is -1.39. The van der Waals surface area contributed by atoms with Gasteiger partial charge in [0.2, 0.25) is 0 Å². The summed E-state index contributed by atoms with van der Waals surface area (Å²) in [4.78, 5) is -0.343. The third-order valence-electron chi connectivity index (χ3n) is 2.29. The fraction of sp³-hybridized carbons (Fsp3) is 0. The Bertz CT molecular complexity index is 636. The van der Waals surface area contributed by atoms with Gasteiger partial charge in [-0.05, 0) is 35.4 Å². The summed E-state index contributed by atoms with van der Waals surface area (Å²) in [7, 11) is -4.67. The Morgan fingerprint density at radius 2 is 1.59 bits per heavy atom. The standard InChI is InChI=1S/C12H8ClFO2S/c13-11-6-4-9(5-7-11)10-2-1-3-12(8-10)17(14,15)16/h1-8H. The van der Waals surface area contributed by atoms with E-state index in [1.807, 2.05) is 0 Å². The van der Waals surface area contributed by atoms with E-state index in [0.717, 1.165) is 5.56 Å². The molecule has 0 atom stereocenters. The van der Waals surface area contributed by atoms with Crippen LogP contribution in [-0.4, -0.2) is 8.42 Å². The topological polar surface area (TPSA) is 34.1 Å². The van der Waals surface area contributed by atoms with E-state index in [1.54, 1.807) is 30.3 Å². The molecule has 0 heterocycles. The van der Waals surface area contributed by atoms with Gasteiger partial charge in [0, 0.05) is 5.02 Å². The summed E-state index contributed by atoms with van der Waals surface area (Å²) >= 11 is 5.75. The second-order valence-corrected chi connectivity index (χ2v) is 5.26. The van der Waals surface area contributed by atoms with Gasteiger partial charge in [-0.25, -0.2) is 0 Å². The van der Waals surface area contributed by atoms with Crippen molar-refractivity contribution in [2.75, 3.05) is 0 Å². The van der Waals surface area contributed by atoms with Gasteiger partial charge >= 0.3 is 10.2 Å². The molecule has 2 nitrogen and oxygen atoms in total. The first-order chi connectivity index (χ1) is 7.97. The average Bonchev–Trinajstić information content (AvgIpc) is 2.29. The molecule has 0 aliphatic rings. The minimum Gasteiger partial charge on any atom is -0.189 e. The van der Waals surface area contributed by atoms with Gasteiger partial charge in [-0.1, -0.05) is 35.9 Å². The third-order valence-corrected chi connectivity index (χ3v) is 3.36. The van der Waals surface area contributed by atoms with Crippen molar-refractivity contribution in [2.24, 2.45) is 0 Å². The summed E-state index contributed by atoms with van der Waals surface area (Å²) in [6, 6.07) is 12.6. The van der Waals surface area contributed by atoms with Gasteiger partial charge < -0.3 is 0 Å². The van der Waals surface area contributed by atoms with Gasteiger partial charge in [0.1, 0.15) is 0 Å². The number of rotatable bonds is 2. The molecule has 88 valence electrons. The SMILES string of the molecule is O=S(=O)(F)c1cccc(-c2ccc(Cl)cc2)c1. The Labute approximate surface area is 104 Å². The number of benzene rings is 2. The van der Waals surface area contributed by atoms with E-state index >= 15 is 0 Å². The predicted molar refractivity (Wildman–Crippen MR) is 65.2 cm³/mol. The minimum atomic E-state index is -4.67. The summed E-state index contributed by atoms with van der Waals surface area (Å²) in [5.41, 5.74) is 1.40. The summed E-state index contributed by atoms with van der Waals surface area (Å²) < 4.78 is 34.4. The van der Waals surface area contributed by atoms with Crippen LogP contribution in [0.4, 0.5) is 3.89 Å². The monoisotopic (exact) mass is 270 g/mol. The molecular weight excluding hydrogens is 263 g/mol. The molecule has 0 amide bonds. The van der Waals surface area contributed by atoms with Crippen molar-refractivity contribution in [3.05, 3.63) is 53.6 Å². The Balaban J connectivity index is 2.50. The van der Waals surface area contributed by atoms with Gasteiger partial charge in [0.25, 0.3) is 0 Å². The van der Waals surface area contributed by atoms with Gasteiger partial charge in [0.05, 0.1) is 4.90 Å². The van der Waals surface area contributed by atoms with E-state index in [-0.39, 0.29) is 4.90 Å². The molecule has 0 aromatic heterocycles. The van der Waals surface area contributed by atoms with Gasteiger partial charge in [0.15, 0.2) is 0 Å². The van der Waals surface area contributed by atoms with Crippen molar-refractivity contribution in [1.82, 2.24) is 0 Å². The zero-order valence-electron chi connectivity index (χ0n) is 8.60. The Morgan fingerprint density at radius 3 is 2.18 bits per heavy atom. The second kappa shape index (κ2) is 4.47. The van der Waals surface area contributed by atoms with Gasteiger partial charge in [-0.2, -0.15) is 8.42 Å². The summed E-state index contributed by atoms with van der Waals surface area (Å²) in [5, 5.41) is 0.586. The highest BCUT2D eigenvalue weighted by Gasteiger charge is 2.12. The summed E-state index contributed by atoms with van der Waals surface area (Å²) in [6.45, 7) is 0. The molecule has 2 aromatic rings. The minimum absolute atomic E-state index is 0.343. The molecule has 0 saturated carbocycles. The lowest BCUT2D eigenvalue weighted by molar-refractivity contribution is 0.552. The maximum Gasteiger partial charge on any atom is 0.332 e. The molecule has 0 N–H and O–H groups in total. The van der Waals surface area contributed by atoms with Gasteiger partial charge in [-0.3, -0.25) is 0 Å². The maximum absolute atomic E-state index is 12.8. The molecule has 0 radical (unpaired) electrons. The van der Waals surface area contributed by atoms with Crippen LogP contribution in [0.2, 0.25) is 5.02 Å². The summed E-state index contributed by atoms with van der Waals surface area (Å²) in [6.07, 6.45) is 0. The number of hydrogen-bond acceptors (Lipinski definition) is 2. The van der Waals surface area contributed by atoms with E-state index in [2.05, 4.69) is 0 Å². The zero-order valence-corrected chi connectivity index (χ0v) is 10.2. The predicted octanol–water partition coefficient (Wildman–Crippen LogP) is 3.67. The van der Waals surface area contributed by atoms with E-state index in [4.69, 9.17) is 11.6 Å². The normalized spacial score (nSPS) is 11.4. The fourth-order valence-corrected chi connectivity index (χ4v) is 2.10. The molecular formula is C12H8ClFO2S. The van der Waals surface area contributed by atoms with Crippen LogP contribution in [0.1, 0.15) is 0 Å². The number of hydrogen-bond donors (Lipinski definition) is 0.